The fourth-order valence-electron chi connectivity index (χ4n) is 3.02. The van der Waals surface area contributed by atoms with E-state index in [1.165, 1.54) is 13.3 Å². The first-order chi connectivity index (χ1) is 13.7. The summed E-state index contributed by atoms with van der Waals surface area (Å²) in [7, 11) is 1.45. The number of hydrogen-bond acceptors (Lipinski definition) is 6. The van der Waals surface area contributed by atoms with Gasteiger partial charge in [-0.3, -0.25) is 4.79 Å². The molecule has 1 aromatic heterocycles. The number of rotatable bonds is 6. The van der Waals surface area contributed by atoms with Gasteiger partial charge in [0, 0.05) is 25.8 Å². The zero-order valence-corrected chi connectivity index (χ0v) is 15.8. The fraction of sp³-hybridized carbons (Fsp3) is 0.400. The van der Waals surface area contributed by atoms with E-state index in [2.05, 4.69) is 15.3 Å². The van der Waals surface area contributed by atoms with Crippen LogP contribution in [0.3, 0.4) is 0 Å². The summed E-state index contributed by atoms with van der Waals surface area (Å²) in [4.78, 5) is 34.0. The van der Waals surface area contributed by atoms with Crippen LogP contribution in [-0.4, -0.2) is 53.6 Å². The minimum absolute atomic E-state index is 0.162. The summed E-state index contributed by atoms with van der Waals surface area (Å²) in [5.41, 5.74) is 1.24. The number of benzene rings is 1. The summed E-state index contributed by atoms with van der Waals surface area (Å²) < 4.78 is 10.3. The van der Waals surface area contributed by atoms with Crippen molar-refractivity contribution in [2.45, 2.75) is 19.4 Å². The van der Waals surface area contributed by atoms with Gasteiger partial charge in [0.05, 0.1) is 7.11 Å². The average Bonchev–Trinajstić information content (AvgIpc) is 2.77. The Morgan fingerprint density at radius 3 is 2.64 bits per heavy atom. The van der Waals surface area contributed by atoms with Crippen LogP contribution >= 0.6 is 0 Å². The fourth-order valence-corrected chi connectivity index (χ4v) is 3.02. The Labute approximate surface area is 163 Å². The SMILES string of the molecule is COc1nccc(C(=O)NCC2CCN(C(=O)OCc3ccccc3)CC2)n1. The van der Waals surface area contributed by atoms with Gasteiger partial charge in [0.15, 0.2) is 0 Å². The van der Waals surface area contributed by atoms with Crippen LogP contribution in [-0.2, 0) is 11.3 Å². The molecular formula is C20H24N4O4. The summed E-state index contributed by atoms with van der Waals surface area (Å²) in [6.45, 7) is 2.06. The number of aromatic nitrogens is 2. The highest BCUT2D eigenvalue weighted by atomic mass is 16.6. The molecule has 148 valence electrons. The number of amides is 2. The number of nitrogens with one attached hydrogen (secondary N) is 1. The molecule has 3 rings (SSSR count). The predicted molar refractivity (Wildman–Crippen MR) is 102 cm³/mol. The van der Waals surface area contributed by atoms with Crippen molar-refractivity contribution in [1.29, 1.82) is 0 Å². The van der Waals surface area contributed by atoms with Gasteiger partial charge in [-0.05, 0) is 30.4 Å². The summed E-state index contributed by atoms with van der Waals surface area (Å²) in [6.07, 6.45) is 2.82. The minimum Gasteiger partial charge on any atom is -0.467 e. The molecule has 1 saturated heterocycles. The second-order valence-corrected chi connectivity index (χ2v) is 6.61. The molecule has 1 fully saturated rings. The Hall–Kier alpha value is -3.16. The number of carbonyl (C=O) groups excluding carboxylic acids is 2. The van der Waals surface area contributed by atoms with Crippen LogP contribution in [0.5, 0.6) is 6.01 Å². The lowest BCUT2D eigenvalue weighted by Gasteiger charge is -2.31. The molecule has 0 bridgehead atoms. The summed E-state index contributed by atoms with van der Waals surface area (Å²) in [5.74, 6) is 0.0521. The molecule has 2 amide bonds. The van der Waals surface area contributed by atoms with E-state index in [0.29, 0.717) is 25.6 Å². The molecule has 0 unspecified atom stereocenters. The molecule has 1 N–H and O–H groups in total. The van der Waals surface area contributed by atoms with Crippen molar-refractivity contribution in [3.05, 3.63) is 53.9 Å². The topological polar surface area (TPSA) is 93.7 Å². The summed E-state index contributed by atoms with van der Waals surface area (Å²) >= 11 is 0. The molecule has 2 aromatic rings. The van der Waals surface area contributed by atoms with Crippen molar-refractivity contribution < 1.29 is 19.1 Å². The van der Waals surface area contributed by atoms with Gasteiger partial charge in [-0.2, -0.15) is 4.98 Å². The Morgan fingerprint density at radius 2 is 1.93 bits per heavy atom. The number of ether oxygens (including phenoxy) is 2. The third-order valence-corrected chi connectivity index (χ3v) is 4.68. The Bertz CT molecular complexity index is 792. The van der Waals surface area contributed by atoms with Gasteiger partial charge in [0.1, 0.15) is 12.3 Å². The zero-order chi connectivity index (χ0) is 19.8. The van der Waals surface area contributed by atoms with E-state index in [1.807, 2.05) is 30.3 Å². The third-order valence-electron chi connectivity index (χ3n) is 4.68. The first-order valence-corrected chi connectivity index (χ1v) is 9.26. The number of nitrogens with zero attached hydrogens (tertiary/aromatic N) is 3. The van der Waals surface area contributed by atoms with E-state index in [1.54, 1.807) is 11.0 Å². The van der Waals surface area contributed by atoms with Gasteiger partial charge < -0.3 is 19.7 Å². The maximum absolute atomic E-state index is 12.2. The lowest BCUT2D eigenvalue weighted by Crippen LogP contribution is -2.41. The molecule has 1 aliphatic rings. The Balaban J connectivity index is 1.39. The number of hydrogen-bond donors (Lipinski definition) is 1. The quantitative estimate of drug-likeness (QED) is 0.821. The van der Waals surface area contributed by atoms with Gasteiger partial charge in [0.25, 0.3) is 5.91 Å². The molecule has 1 aliphatic heterocycles. The molecule has 0 atom stereocenters. The molecule has 0 spiro atoms. The summed E-state index contributed by atoms with van der Waals surface area (Å²) in [6, 6.07) is 11.3. The molecule has 2 heterocycles. The van der Waals surface area contributed by atoms with Crippen molar-refractivity contribution in [1.82, 2.24) is 20.2 Å². The predicted octanol–water partition coefficient (Wildman–Crippen LogP) is 2.26. The second kappa shape index (κ2) is 9.68. The minimum atomic E-state index is -0.292. The molecule has 1 aromatic carbocycles. The van der Waals surface area contributed by atoms with Crippen LogP contribution < -0.4 is 10.1 Å². The number of methoxy groups -OCH3 is 1. The highest BCUT2D eigenvalue weighted by molar-refractivity contribution is 5.92. The van der Waals surface area contributed by atoms with Crippen LogP contribution in [0, 0.1) is 5.92 Å². The molecule has 0 saturated carbocycles. The van der Waals surface area contributed by atoms with Crippen molar-refractivity contribution in [3.8, 4) is 6.01 Å². The van der Waals surface area contributed by atoms with Gasteiger partial charge in [-0.15, -0.1) is 0 Å². The van der Waals surface area contributed by atoms with Gasteiger partial charge in [0.2, 0.25) is 0 Å². The number of carbonyl (C=O) groups is 2. The normalized spacial score (nSPS) is 14.4. The lowest BCUT2D eigenvalue weighted by atomic mass is 9.97. The highest BCUT2D eigenvalue weighted by Crippen LogP contribution is 2.18. The van der Waals surface area contributed by atoms with Crippen molar-refractivity contribution in [3.63, 3.8) is 0 Å². The van der Waals surface area contributed by atoms with E-state index >= 15 is 0 Å². The first kappa shape index (κ1) is 19.6. The molecule has 0 aliphatic carbocycles. The molecule has 8 heteroatoms. The van der Waals surface area contributed by atoms with Gasteiger partial charge in [-0.1, -0.05) is 30.3 Å². The Kier molecular flexibility index (Phi) is 6.78. The van der Waals surface area contributed by atoms with Crippen LogP contribution in [0.1, 0.15) is 28.9 Å². The number of piperidine rings is 1. The highest BCUT2D eigenvalue weighted by Gasteiger charge is 2.24. The van der Waals surface area contributed by atoms with Gasteiger partial charge >= 0.3 is 12.1 Å². The lowest BCUT2D eigenvalue weighted by molar-refractivity contribution is 0.0800. The van der Waals surface area contributed by atoms with Crippen LogP contribution in [0.4, 0.5) is 4.79 Å². The first-order valence-electron chi connectivity index (χ1n) is 9.26. The van der Waals surface area contributed by atoms with E-state index in [-0.39, 0.29) is 30.3 Å². The Morgan fingerprint density at radius 1 is 1.18 bits per heavy atom. The zero-order valence-electron chi connectivity index (χ0n) is 15.8. The van der Waals surface area contributed by atoms with E-state index in [9.17, 15) is 9.59 Å². The maximum atomic E-state index is 12.2. The maximum Gasteiger partial charge on any atom is 0.410 e. The average molecular weight is 384 g/mol. The number of likely N-dealkylation sites (tertiary alicyclic amines) is 1. The molecule has 8 nitrogen and oxygen atoms in total. The second-order valence-electron chi connectivity index (χ2n) is 6.61. The van der Waals surface area contributed by atoms with E-state index in [0.717, 1.165) is 18.4 Å². The van der Waals surface area contributed by atoms with Crippen molar-refractivity contribution >= 4 is 12.0 Å². The standard InChI is InChI=1S/C20H24N4O4/c1-27-19-21-10-7-17(23-19)18(25)22-13-15-8-11-24(12-9-15)20(26)28-14-16-5-3-2-4-6-16/h2-7,10,15H,8-9,11-14H2,1H3,(H,22,25). The summed E-state index contributed by atoms with van der Waals surface area (Å²) in [5, 5.41) is 2.89. The van der Waals surface area contributed by atoms with Crippen LogP contribution in [0.25, 0.3) is 0 Å². The van der Waals surface area contributed by atoms with Crippen LogP contribution in [0.2, 0.25) is 0 Å². The molecule has 0 radical (unpaired) electrons. The van der Waals surface area contributed by atoms with Crippen molar-refractivity contribution in [2.24, 2.45) is 5.92 Å². The van der Waals surface area contributed by atoms with Crippen LogP contribution in [0.15, 0.2) is 42.6 Å². The monoisotopic (exact) mass is 384 g/mol. The van der Waals surface area contributed by atoms with Crippen molar-refractivity contribution in [2.75, 3.05) is 26.7 Å². The molecule has 28 heavy (non-hydrogen) atoms. The van der Waals surface area contributed by atoms with Gasteiger partial charge in [-0.25, -0.2) is 9.78 Å². The smallest absolute Gasteiger partial charge is 0.410 e. The molecular weight excluding hydrogens is 360 g/mol. The largest absolute Gasteiger partial charge is 0.467 e. The van der Waals surface area contributed by atoms with E-state index in [4.69, 9.17) is 9.47 Å². The van der Waals surface area contributed by atoms with E-state index < -0.39 is 0 Å². The third kappa shape index (κ3) is 5.42.